The van der Waals surface area contributed by atoms with Crippen molar-refractivity contribution in [2.75, 3.05) is 5.32 Å². The number of anilines is 1. The number of benzene rings is 1. The van der Waals surface area contributed by atoms with Gasteiger partial charge in [-0.25, -0.2) is 0 Å². The van der Waals surface area contributed by atoms with Crippen LogP contribution in [0, 0.1) is 6.92 Å². The Hall–Kier alpha value is -1.39. The zero-order chi connectivity index (χ0) is 13.8. The third-order valence-electron chi connectivity index (χ3n) is 2.67. The van der Waals surface area contributed by atoms with E-state index in [-0.39, 0.29) is 12.3 Å². The van der Waals surface area contributed by atoms with Gasteiger partial charge in [0.2, 0.25) is 5.91 Å². The number of nitrogens with zero attached hydrogens (tertiary/aromatic N) is 1. The molecule has 0 aliphatic heterocycles. The van der Waals surface area contributed by atoms with Gasteiger partial charge < -0.3 is 5.32 Å². The topological polar surface area (TPSA) is 42.0 Å². The third kappa shape index (κ3) is 3.55. The summed E-state index contributed by atoms with van der Waals surface area (Å²) in [5, 5.41) is 3.38. The highest BCUT2D eigenvalue weighted by Gasteiger charge is 2.10. The van der Waals surface area contributed by atoms with Crippen LogP contribution >= 0.6 is 27.5 Å². The second-order valence-electron chi connectivity index (χ2n) is 4.09. The molecule has 1 N–H and O–H groups in total. The van der Waals surface area contributed by atoms with Gasteiger partial charge >= 0.3 is 0 Å². The molecular weight excluding hydrogens is 328 g/mol. The Balaban J connectivity index is 2.10. The van der Waals surface area contributed by atoms with Crippen molar-refractivity contribution in [3.63, 3.8) is 0 Å². The number of hydrogen-bond donors (Lipinski definition) is 1. The highest BCUT2D eigenvalue weighted by molar-refractivity contribution is 9.10. The molecule has 2 aromatic rings. The van der Waals surface area contributed by atoms with Gasteiger partial charge in [0.25, 0.3) is 0 Å². The molecular formula is C14H12BrClN2O. The van der Waals surface area contributed by atoms with E-state index in [0.29, 0.717) is 15.2 Å². The Labute approximate surface area is 125 Å². The van der Waals surface area contributed by atoms with E-state index in [1.807, 2.05) is 19.1 Å². The van der Waals surface area contributed by atoms with Gasteiger partial charge in [-0.1, -0.05) is 23.7 Å². The van der Waals surface area contributed by atoms with Crippen LogP contribution in [0.5, 0.6) is 0 Å². The average Bonchev–Trinajstić information content (AvgIpc) is 2.38. The van der Waals surface area contributed by atoms with Gasteiger partial charge in [-0.3, -0.25) is 9.78 Å². The van der Waals surface area contributed by atoms with Crippen molar-refractivity contribution in [3.8, 4) is 0 Å². The Bertz CT molecular complexity index is 616. The minimum atomic E-state index is -0.121. The first-order chi connectivity index (χ1) is 9.08. The minimum absolute atomic E-state index is 0.121. The van der Waals surface area contributed by atoms with Gasteiger partial charge in [0.15, 0.2) is 0 Å². The van der Waals surface area contributed by atoms with Crippen LogP contribution in [0.2, 0.25) is 5.02 Å². The second kappa shape index (κ2) is 6.17. The minimum Gasteiger partial charge on any atom is -0.325 e. The highest BCUT2D eigenvalue weighted by Crippen LogP contribution is 2.30. The lowest BCUT2D eigenvalue weighted by molar-refractivity contribution is -0.115. The van der Waals surface area contributed by atoms with E-state index in [4.69, 9.17) is 11.6 Å². The van der Waals surface area contributed by atoms with Crippen molar-refractivity contribution in [1.29, 1.82) is 0 Å². The molecule has 0 spiro atoms. The van der Waals surface area contributed by atoms with Crippen LogP contribution in [-0.4, -0.2) is 10.9 Å². The fourth-order valence-electron chi connectivity index (χ4n) is 1.65. The number of amides is 1. The summed E-state index contributed by atoms with van der Waals surface area (Å²) >= 11 is 9.32. The van der Waals surface area contributed by atoms with E-state index in [2.05, 4.69) is 26.2 Å². The molecule has 1 amide bonds. The molecule has 1 heterocycles. The molecule has 2 rings (SSSR count). The first-order valence-corrected chi connectivity index (χ1v) is 6.89. The van der Waals surface area contributed by atoms with Crippen molar-refractivity contribution >= 4 is 39.1 Å². The number of carbonyl (C=O) groups is 1. The Morgan fingerprint density at radius 3 is 2.89 bits per heavy atom. The predicted octanol–water partition coefficient (Wildman–Crippen LogP) is 3.99. The number of aryl methyl sites for hydroxylation is 1. The molecule has 0 saturated heterocycles. The van der Waals surface area contributed by atoms with Crippen molar-refractivity contribution in [1.82, 2.24) is 4.98 Å². The molecule has 3 nitrogen and oxygen atoms in total. The molecule has 0 radical (unpaired) electrons. The quantitative estimate of drug-likeness (QED) is 0.919. The Morgan fingerprint density at radius 2 is 2.16 bits per heavy atom. The SMILES string of the molecule is Cc1cccnc1CC(=O)Nc1cccc(Cl)c1Br. The van der Waals surface area contributed by atoms with Gasteiger partial charge in [0.1, 0.15) is 0 Å². The van der Waals surface area contributed by atoms with Crippen molar-refractivity contribution in [3.05, 3.63) is 57.3 Å². The van der Waals surface area contributed by atoms with Crippen LogP contribution < -0.4 is 5.32 Å². The predicted molar refractivity (Wildman–Crippen MR) is 80.5 cm³/mol. The van der Waals surface area contributed by atoms with Gasteiger partial charge in [0.05, 0.1) is 27.3 Å². The molecule has 5 heteroatoms. The van der Waals surface area contributed by atoms with E-state index in [0.717, 1.165) is 11.3 Å². The van der Waals surface area contributed by atoms with E-state index in [1.165, 1.54) is 0 Å². The summed E-state index contributed by atoms with van der Waals surface area (Å²) in [6.45, 7) is 1.94. The van der Waals surface area contributed by atoms with Crippen LogP contribution in [-0.2, 0) is 11.2 Å². The first-order valence-electron chi connectivity index (χ1n) is 5.72. The lowest BCUT2D eigenvalue weighted by Crippen LogP contribution is -2.16. The van der Waals surface area contributed by atoms with Gasteiger partial charge in [-0.2, -0.15) is 0 Å². The monoisotopic (exact) mass is 338 g/mol. The maximum Gasteiger partial charge on any atom is 0.230 e. The number of aromatic nitrogens is 1. The summed E-state index contributed by atoms with van der Waals surface area (Å²) in [5.74, 6) is -0.121. The smallest absolute Gasteiger partial charge is 0.230 e. The summed E-state index contributed by atoms with van der Waals surface area (Å²) in [6, 6.07) is 9.12. The molecule has 98 valence electrons. The molecule has 0 saturated carbocycles. The number of nitrogens with one attached hydrogen (secondary N) is 1. The van der Waals surface area contributed by atoms with Crippen LogP contribution in [0.1, 0.15) is 11.3 Å². The molecule has 1 aromatic heterocycles. The molecule has 0 atom stereocenters. The van der Waals surface area contributed by atoms with E-state index in [9.17, 15) is 4.79 Å². The molecule has 0 fully saturated rings. The van der Waals surface area contributed by atoms with Crippen molar-refractivity contribution < 1.29 is 4.79 Å². The molecule has 0 aliphatic rings. The fourth-order valence-corrected chi connectivity index (χ4v) is 2.19. The van der Waals surface area contributed by atoms with Gasteiger partial charge in [0, 0.05) is 6.20 Å². The molecule has 0 aliphatic carbocycles. The van der Waals surface area contributed by atoms with Crippen molar-refractivity contribution in [2.45, 2.75) is 13.3 Å². The standard InChI is InChI=1S/C14H12BrClN2O/c1-9-4-3-7-17-12(9)8-13(19)18-11-6-2-5-10(16)14(11)15/h2-7H,8H2,1H3,(H,18,19). The zero-order valence-corrected chi connectivity index (χ0v) is 12.6. The normalized spacial score (nSPS) is 10.3. The number of hydrogen-bond acceptors (Lipinski definition) is 2. The number of halogens is 2. The number of rotatable bonds is 3. The number of carbonyl (C=O) groups excluding carboxylic acids is 1. The van der Waals surface area contributed by atoms with Crippen molar-refractivity contribution in [2.24, 2.45) is 0 Å². The molecule has 1 aromatic carbocycles. The summed E-state index contributed by atoms with van der Waals surface area (Å²) in [5.41, 5.74) is 2.44. The largest absolute Gasteiger partial charge is 0.325 e. The van der Waals surface area contributed by atoms with Crippen LogP contribution in [0.4, 0.5) is 5.69 Å². The van der Waals surface area contributed by atoms with E-state index >= 15 is 0 Å². The average molecular weight is 340 g/mol. The summed E-state index contributed by atoms with van der Waals surface area (Å²) in [4.78, 5) is 16.2. The third-order valence-corrected chi connectivity index (χ3v) is 4.07. The van der Waals surface area contributed by atoms with E-state index in [1.54, 1.807) is 24.4 Å². The summed E-state index contributed by atoms with van der Waals surface area (Å²) in [7, 11) is 0. The lowest BCUT2D eigenvalue weighted by Gasteiger charge is -2.09. The fraction of sp³-hybridized carbons (Fsp3) is 0.143. The van der Waals surface area contributed by atoms with E-state index < -0.39 is 0 Å². The van der Waals surface area contributed by atoms with Crippen LogP contribution in [0.25, 0.3) is 0 Å². The molecule has 0 unspecified atom stereocenters. The highest BCUT2D eigenvalue weighted by atomic mass is 79.9. The van der Waals surface area contributed by atoms with Gasteiger partial charge in [-0.05, 0) is 46.6 Å². The number of pyridine rings is 1. The maximum absolute atomic E-state index is 12.0. The van der Waals surface area contributed by atoms with Crippen LogP contribution in [0.15, 0.2) is 41.0 Å². The second-order valence-corrected chi connectivity index (χ2v) is 5.29. The lowest BCUT2D eigenvalue weighted by atomic mass is 10.1. The maximum atomic E-state index is 12.0. The Morgan fingerprint density at radius 1 is 1.37 bits per heavy atom. The Kier molecular flexibility index (Phi) is 4.56. The molecule has 19 heavy (non-hydrogen) atoms. The van der Waals surface area contributed by atoms with Gasteiger partial charge in [-0.15, -0.1) is 0 Å². The summed E-state index contributed by atoms with van der Waals surface area (Å²) < 4.78 is 0.683. The summed E-state index contributed by atoms with van der Waals surface area (Å²) in [6.07, 6.45) is 1.93. The first kappa shape index (κ1) is 14.0. The van der Waals surface area contributed by atoms with Crippen LogP contribution in [0.3, 0.4) is 0 Å². The molecule has 0 bridgehead atoms. The zero-order valence-electron chi connectivity index (χ0n) is 10.3.